The standard InChI is InChI=1S/C28H29FN2O5/c1-2-35-28(34)22-5-3-15-30(19-22)26(32)17-20-9-13-24(14-10-20)31(27(33)25-6-4-16-36-25)18-21-7-11-23(29)12-8-21/h4,6-14,16,22H,2-3,5,15,17-19H2,1H3/t22-/m1/s1. The highest BCUT2D eigenvalue weighted by atomic mass is 19.1. The second-order valence-electron chi connectivity index (χ2n) is 8.77. The van der Waals surface area contributed by atoms with Crippen molar-refractivity contribution in [2.24, 2.45) is 5.92 Å². The summed E-state index contributed by atoms with van der Waals surface area (Å²) in [6.45, 7) is 3.32. The van der Waals surface area contributed by atoms with Crippen molar-refractivity contribution < 1.29 is 27.9 Å². The fourth-order valence-corrected chi connectivity index (χ4v) is 4.32. The van der Waals surface area contributed by atoms with Gasteiger partial charge in [-0.2, -0.15) is 0 Å². The fraction of sp³-hybridized carbons (Fsp3) is 0.321. The second-order valence-corrected chi connectivity index (χ2v) is 8.77. The van der Waals surface area contributed by atoms with Crippen LogP contribution in [0.25, 0.3) is 0 Å². The monoisotopic (exact) mass is 492 g/mol. The molecule has 7 nitrogen and oxygen atoms in total. The van der Waals surface area contributed by atoms with Gasteiger partial charge in [0.1, 0.15) is 5.82 Å². The molecule has 2 aromatic carbocycles. The summed E-state index contributed by atoms with van der Waals surface area (Å²) in [6, 6.07) is 16.4. The lowest BCUT2D eigenvalue weighted by molar-refractivity contribution is -0.151. The summed E-state index contributed by atoms with van der Waals surface area (Å²) in [6.07, 6.45) is 3.12. The lowest BCUT2D eigenvalue weighted by Crippen LogP contribution is -2.43. The van der Waals surface area contributed by atoms with E-state index in [1.165, 1.54) is 18.4 Å². The van der Waals surface area contributed by atoms with Crippen molar-refractivity contribution in [2.45, 2.75) is 32.7 Å². The molecule has 4 rings (SSSR count). The van der Waals surface area contributed by atoms with Crippen molar-refractivity contribution in [2.75, 3.05) is 24.6 Å². The molecular formula is C28H29FN2O5. The number of esters is 1. The number of ether oxygens (including phenoxy) is 1. The largest absolute Gasteiger partial charge is 0.466 e. The zero-order chi connectivity index (χ0) is 25.5. The van der Waals surface area contributed by atoms with Crippen molar-refractivity contribution >= 4 is 23.5 Å². The molecule has 0 spiro atoms. The third-order valence-electron chi connectivity index (χ3n) is 6.23. The van der Waals surface area contributed by atoms with Gasteiger partial charge in [-0.15, -0.1) is 0 Å². The minimum Gasteiger partial charge on any atom is -0.466 e. The number of rotatable bonds is 8. The molecule has 36 heavy (non-hydrogen) atoms. The maximum Gasteiger partial charge on any atom is 0.310 e. The molecule has 1 saturated heterocycles. The Morgan fingerprint density at radius 3 is 2.44 bits per heavy atom. The summed E-state index contributed by atoms with van der Waals surface area (Å²) in [7, 11) is 0. The van der Waals surface area contributed by atoms with Crippen LogP contribution in [0.4, 0.5) is 10.1 Å². The van der Waals surface area contributed by atoms with Gasteiger partial charge in [0.15, 0.2) is 5.76 Å². The Balaban J connectivity index is 1.46. The van der Waals surface area contributed by atoms with Crippen molar-refractivity contribution in [1.82, 2.24) is 4.90 Å². The molecule has 0 bridgehead atoms. The van der Waals surface area contributed by atoms with Crippen LogP contribution in [0.15, 0.2) is 71.3 Å². The molecule has 1 aromatic heterocycles. The van der Waals surface area contributed by atoms with Gasteiger partial charge >= 0.3 is 5.97 Å². The van der Waals surface area contributed by atoms with Crippen LogP contribution in [0.5, 0.6) is 0 Å². The van der Waals surface area contributed by atoms with E-state index in [0.29, 0.717) is 25.4 Å². The van der Waals surface area contributed by atoms with E-state index >= 15 is 0 Å². The Morgan fingerprint density at radius 1 is 1.06 bits per heavy atom. The molecule has 0 unspecified atom stereocenters. The average Bonchev–Trinajstić information content (AvgIpc) is 3.44. The summed E-state index contributed by atoms with van der Waals surface area (Å²) in [5.41, 5.74) is 2.18. The minimum atomic E-state index is -0.348. The summed E-state index contributed by atoms with van der Waals surface area (Å²) in [5.74, 6) is -1.06. The quantitative estimate of drug-likeness (QED) is 0.429. The van der Waals surface area contributed by atoms with E-state index in [1.54, 1.807) is 53.1 Å². The first-order chi connectivity index (χ1) is 17.4. The van der Waals surface area contributed by atoms with Crippen LogP contribution in [0.3, 0.4) is 0 Å². The number of piperidine rings is 1. The smallest absolute Gasteiger partial charge is 0.310 e. The number of nitrogens with zero attached hydrogens (tertiary/aromatic N) is 2. The third kappa shape index (κ3) is 6.19. The van der Waals surface area contributed by atoms with E-state index < -0.39 is 0 Å². The molecule has 0 radical (unpaired) electrons. The van der Waals surface area contributed by atoms with E-state index in [4.69, 9.17) is 9.15 Å². The number of carbonyl (C=O) groups excluding carboxylic acids is 3. The molecule has 0 N–H and O–H groups in total. The molecule has 0 aliphatic carbocycles. The van der Waals surface area contributed by atoms with E-state index in [1.807, 2.05) is 12.1 Å². The van der Waals surface area contributed by atoms with Gasteiger partial charge in [0.2, 0.25) is 5.91 Å². The Morgan fingerprint density at radius 2 is 1.78 bits per heavy atom. The van der Waals surface area contributed by atoms with Gasteiger partial charge in [-0.25, -0.2) is 4.39 Å². The predicted molar refractivity (Wildman–Crippen MR) is 132 cm³/mol. The Hall–Kier alpha value is -3.94. The van der Waals surface area contributed by atoms with Crippen molar-refractivity contribution in [1.29, 1.82) is 0 Å². The summed E-state index contributed by atoms with van der Waals surface area (Å²) >= 11 is 0. The van der Waals surface area contributed by atoms with E-state index in [9.17, 15) is 18.8 Å². The molecule has 8 heteroatoms. The van der Waals surface area contributed by atoms with Gasteiger partial charge in [-0.3, -0.25) is 14.4 Å². The lowest BCUT2D eigenvalue weighted by Gasteiger charge is -2.31. The molecule has 1 aliphatic heterocycles. The molecule has 1 aliphatic rings. The van der Waals surface area contributed by atoms with Gasteiger partial charge in [0.05, 0.1) is 31.8 Å². The van der Waals surface area contributed by atoms with Crippen LogP contribution >= 0.6 is 0 Å². The van der Waals surface area contributed by atoms with Gasteiger partial charge in [0, 0.05) is 18.8 Å². The third-order valence-corrected chi connectivity index (χ3v) is 6.23. The number of carbonyl (C=O) groups is 3. The summed E-state index contributed by atoms with van der Waals surface area (Å²) in [5, 5.41) is 0. The van der Waals surface area contributed by atoms with Crippen molar-refractivity contribution in [3.63, 3.8) is 0 Å². The molecular weight excluding hydrogens is 463 g/mol. The zero-order valence-electron chi connectivity index (χ0n) is 20.2. The fourth-order valence-electron chi connectivity index (χ4n) is 4.32. The minimum absolute atomic E-state index is 0.0495. The van der Waals surface area contributed by atoms with E-state index in [-0.39, 0.29) is 48.2 Å². The van der Waals surface area contributed by atoms with E-state index in [2.05, 4.69) is 0 Å². The highest BCUT2D eigenvalue weighted by Gasteiger charge is 2.29. The first-order valence-electron chi connectivity index (χ1n) is 12.1. The number of anilines is 1. The highest BCUT2D eigenvalue weighted by molar-refractivity contribution is 6.04. The molecule has 3 aromatic rings. The Kier molecular flexibility index (Phi) is 8.15. The molecule has 2 amide bonds. The van der Waals surface area contributed by atoms with Crippen LogP contribution < -0.4 is 4.90 Å². The van der Waals surface area contributed by atoms with Gasteiger partial charge < -0.3 is 19.0 Å². The van der Waals surface area contributed by atoms with Crippen LogP contribution in [0.2, 0.25) is 0 Å². The Labute approximate surface area is 209 Å². The van der Waals surface area contributed by atoms with Crippen LogP contribution in [-0.2, 0) is 27.3 Å². The topological polar surface area (TPSA) is 80.1 Å². The van der Waals surface area contributed by atoms with Crippen LogP contribution in [-0.4, -0.2) is 42.4 Å². The number of hydrogen-bond donors (Lipinski definition) is 0. The normalized spacial score (nSPS) is 15.4. The van der Waals surface area contributed by atoms with Gasteiger partial charge in [-0.05, 0) is 67.3 Å². The summed E-state index contributed by atoms with van der Waals surface area (Å²) in [4.78, 5) is 41.4. The molecule has 1 atom stereocenters. The number of amides is 2. The van der Waals surface area contributed by atoms with Gasteiger partial charge in [0.25, 0.3) is 5.91 Å². The molecule has 1 fully saturated rings. The number of hydrogen-bond acceptors (Lipinski definition) is 5. The summed E-state index contributed by atoms with van der Waals surface area (Å²) < 4.78 is 23.8. The SMILES string of the molecule is CCOC(=O)[C@@H]1CCCN(C(=O)Cc2ccc(N(Cc3ccc(F)cc3)C(=O)c3ccco3)cc2)C1. The number of halogens is 1. The zero-order valence-corrected chi connectivity index (χ0v) is 20.2. The van der Waals surface area contributed by atoms with Gasteiger partial charge in [-0.1, -0.05) is 24.3 Å². The maximum absolute atomic E-state index is 13.4. The number of likely N-dealkylation sites (tertiary alicyclic amines) is 1. The molecule has 2 heterocycles. The van der Waals surface area contributed by atoms with Crippen LogP contribution in [0.1, 0.15) is 41.4 Å². The number of furan rings is 1. The van der Waals surface area contributed by atoms with Crippen molar-refractivity contribution in [3.05, 3.63) is 89.6 Å². The van der Waals surface area contributed by atoms with E-state index in [0.717, 1.165) is 24.0 Å². The predicted octanol–water partition coefficient (Wildman–Crippen LogP) is 4.61. The second kappa shape index (κ2) is 11.7. The first-order valence-corrected chi connectivity index (χ1v) is 12.1. The first kappa shape index (κ1) is 25.2. The number of benzene rings is 2. The average molecular weight is 493 g/mol. The molecule has 0 saturated carbocycles. The molecule has 188 valence electrons. The maximum atomic E-state index is 13.4. The highest BCUT2D eigenvalue weighted by Crippen LogP contribution is 2.23. The van der Waals surface area contributed by atoms with Crippen molar-refractivity contribution in [3.8, 4) is 0 Å². The lowest BCUT2D eigenvalue weighted by atomic mass is 9.97. The Bertz CT molecular complexity index is 1180. The van der Waals surface area contributed by atoms with Crippen LogP contribution in [0, 0.1) is 11.7 Å².